The first-order valence-corrected chi connectivity index (χ1v) is 6.36. The Balaban J connectivity index is 2.13. The molecule has 1 unspecified atom stereocenters. The third-order valence-electron chi connectivity index (χ3n) is 3.04. The molecule has 0 saturated carbocycles. The molecule has 1 atom stereocenters. The van der Waals surface area contributed by atoms with E-state index in [1.54, 1.807) is 6.20 Å². The third kappa shape index (κ3) is 2.30. The molecular weight excluding hydrogens is 270 g/mol. The molecule has 0 radical (unpaired) electrons. The number of aromatic amines is 1. The molecule has 2 rings (SSSR count). The molecule has 88 valence electrons. The molecule has 1 aliphatic heterocycles. The fourth-order valence-corrected chi connectivity index (χ4v) is 2.50. The van der Waals surface area contributed by atoms with Gasteiger partial charge in [0.2, 0.25) is 0 Å². The van der Waals surface area contributed by atoms with Crippen molar-refractivity contribution in [1.29, 1.82) is 0 Å². The number of rotatable bonds is 2. The number of carbonyl (C=O) groups is 1. The second-order valence-corrected chi connectivity index (χ2v) is 5.03. The number of amides is 1. The first kappa shape index (κ1) is 11.7. The van der Waals surface area contributed by atoms with Gasteiger partial charge < -0.3 is 15.6 Å². The standard InChI is InChI=1S/C11H16BrN3O/c12-8-5-10(14-7-8)11(16)15-4-2-1-3-9(15)6-13/h5,7,9,14H,1-4,6,13H2. The number of piperidine rings is 1. The number of hydrogen-bond donors (Lipinski definition) is 2. The van der Waals surface area contributed by atoms with E-state index in [-0.39, 0.29) is 11.9 Å². The maximum atomic E-state index is 12.2. The molecule has 1 saturated heterocycles. The Morgan fingerprint density at radius 3 is 3.06 bits per heavy atom. The second-order valence-electron chi connectivity index (χ2n) is 4.12. The highest BCUT2D eigenvalue weighted by Crippen LogP contribution is 2.20. The van der Waals surface area contributed by atoms with Crippen molar-refractivity contribution in [2.45, 2.75) is 25.3 Å². The summed E-state index contributed by atoms with van der Waals surface area (Å²) in [5, 5.41) is 0. The van der Waals surface area contributed by atoms with Gasteiger partial charge >= 0.3 is 0 Å². The Morgan fingerprint density at radius 2 is 2.44 bits per heavy atom. The van der Waals surface area contributed by atoms with Gasteiger partial charge in [-0.15, -0.1) is 0 Å². The number of likely N-dealkylation sites (tertiary alicyclic amines) is 1. The summed E-state index contributed by atoms with van der Waals surface area (Å²) in [6.07, 6.45) is 5.03. The molecular formula is C11H16BrN3O. The zero-order valence-corrected chi connectivity index (χ0v) is 10.7. The van der Waals surface area contributed by atoms with Crippen LogP contribution in [-0.2, 0) is 0 Å². The minimum Gasteiger partial charge on any atom is -0.356 e. The Kier molecular flexibility index (Phi) is 3.66. The van der Waals surface area contributed by atoms with Crippen molar-refractivity contribution in [1.82, 2.24) is 9.88 Å². The smallest absolute Gasteiger partial charge is 0.270 e. The van der Waals surface area contributed by atoms with E-state index in [0.717, 1.165) is 23.9 Å². The number of nitrogens with one attached hydrogen (secondary N) is 1. The average Bonchev–Trinajstić information content (AvgIpc) is 2.75. The highest BCUT2D eigenvalue weighted by molar-refractivity contribution is 9.10. The van der Waals surface area contributed by atoms with Crippen molar-refractivity contribution in [3.63, 3.8) is 0 Å². The van der Waals surface area contributed by atoms with Gasteiger partial charge in [-0.3, -0.25) is 4.79 Å². The molecule has 0 aliphatic carbocycles. The van der Waals surface area contributed by atoms with Gasteiger partial charge in [0.25, 0.3) is 5.91 Å². The van der Waals surface area contributed by atoms with Crippen LogP contribution < -0.4 is 5.73 Å². The maximum Gasteiger partial charge on any atom is 0.270 e. The summed E-state index contributed by atoms with van der Waals surface area (Å²) in [6, 6.07) is 2.01. The monoisotopic (exact) mass is 285 g/mol. The fourth-order valence-electron chi connectivity index (χ4n) is 2.16. The van der Waals surface area contributed by atoms with E-state index in [9.17, 15) is 4.79 Å². The van der Waals surface area contributed by atoms with Crippen LogP contribution >= 0.6 is 15.9 Å². The van der Waals surface area contributed by atoms with Gasteiger partial charge in [0.15, 0.2) is 0 Å². The molecule has 0 aromatic carbocycles. The summed E-state index contributed by atoms with van der Waals surface area (Å²) in [7, 11) is 0. The lowest BCUT2D eigenvalue weighted by Gasteiger charge is -2.34. The lowest BCUT2D eigenvalue weighted by molar-refractivity contribution is 0.0618. The molecule has 2 heterocycles. The summed E-state index contributed by atoms with van der Waals surface area (Å²) < 4.78 is 0.900. The number of H-pyrrole nitrogens is 1. The number of nitrogens with zero attached hydrogens (tertiary/aromatic N) is 1. The summed E-state index contributed by atoms with van der Waals surface area (Å²) in [6.45, 7) is 1.37. The number of halogens is 1. The number of nitrogens with two attached hydrogens (primary N) is 1. The lowest BCUT2D eigenvalue weighted by Crippen LogP contribution is -2.47. The summed E-state index contributed by atoms with van der Waals surface area (Å²) >= 11 is 3.33. The molecule has 1 aromatic heterocycles. The predicted octanol–water partition coefficient (Wildman–Crippen LogP) is 1.73. The van der Waals surface area contributed by atoms with E-state index >= 15 is 0 Å². The SMILES string of the molecule is NCC1CCCCN1C(=O)c1cc(Br)c[nH]1. The molecule has 1 fully saturated rings. The van der Waals surface area contributed by atoms with Gasteiger partial charge in [-0.1, -0.05) is 0 Å². The molecule has 1 aliphatic rings. The summed E-state index contributed by atoms with van der Waals surface area (Å²) in [4.78, 5) is 17.1. The van der Waals surface area contributed by atoms with Crippen LogP contribution in [0.3, 0.4) is 0 Å². The molecule has 0 spiro atoms. The van der Waals surface area contributed by atoms with Crippen LogP contribution in [0.2, 0.25) is 0 Å². The van der Waals surface area contributed by atoms with Crippen LogP contribution in [0, 0.1) is 0 Å². The van der Waals surface area contributed by atoms with E-state index in [2.05, 4.69) is 20.9 Å². The zero-order chi connectivity index (χ0) is 11.5. The van der Waals surface area contributed by atoms with Crippen molar-refractivity contribution >= 4 is 21.8 Å². The minimum atomic E-state index is 0.0563. The van der Waals surface area contributed by atoms with Crippen molar-refractivity contribution in [3.8, 4) is 0 Å². The maximum absolute atomic E-state index is 12.2. The molecule has 0 bridgehead atoms. The minimum absolute atomic E-state index is 0.0563. The summed E-state index contributed by atoms with van der Waals surface area (Å²) in [5.41, 5.74) is 6.33. The van der Waals surface area contributed by atoms with Crippen molar-refractivity contribution in [2.24, 2.45) is 5.73 Å². The zero-order valence-electron chi connectivity index (χ0n) is 9.08. The topological polar surface area (TPSA) is 62.1 Å². The molecule has 4 nitrogen and oxygen atoms in total. The highest BCUT2D eigenvalue weighted by Gasteiger charge is 2.26. The number of carbonyl (C=O) groups excluding carboxylic acids is 1. The van der Waals surface area contributed by atoms with Gasteiger partial charge in [0.1, 0.15) is 5.69 Å². The lowest BCUT2D eigenvalue weighted by atomic mass is 10.0. The average molecular weight is 286 g/mol. The van der Waals surface area contributed by atoms with Gasteiger partial charge in [-0.2, -0.15) is 0 Å². The Morgan fingerprint density at radius 1 is 1.62 bits per heavy atom. The van der Waals surface area contributed by atoms with E-state index in [0.29, 0.717) is 12.2 Å². The van der Waals surface area contributed by atoms with Crippen molar-refractivity contribution < 1.29 is 4.79 Å². The van der Waals surface area contributed by atoms with E-state index in [1.165, 1.54) is 6.42 Å². The van der Waals surface area contributed by atoms with Gasteiger partial charge in [0, 0.05) is 29.8 Å². The van der Waals surface area contributed by atoms with Crippen molar-refractivity contribution in [3.05, 3.63) is 22.4 Å². The molecule has 5 heteroatoms. The Hall–Kier alpha value is -0.810. The number of aromatic nitrogens is 1. The van der Waals surface area contributed by atoms with Crippen molar-refractivity contribution in [2.75, 3.05) is 13.1 Å². The van der Waals surface area contributed by atoms with E-state index < -0.39 is 0 Å². The molecule has 3 N–H and O–H groups in total. The van der Waals surface area contributed by atoms with Crippen LogP contribution in [0.25, 0.3) is 0 Å². The fraction of sp³-hybridized carbons (Fsp3) is 0.545. The van der Waals surface area contributed by atoms with Crippen LogP contribution in [0.5, 0.6) is 0 Å². The van der Waals surface area contributed by atoms with Gasteiger partial charge in [0.05, 0.1) is 0 Å². The van der Waals surface area contributed by atoms with Crippen LogP contribution in [0.4, 0.5) is 0 Å². The van der Waals surface area contributed by atoms with Gasteiger partial charge in [-0.25, -0.2) is 0 Å². The third-order valence-corrected chi connectivity index (χ3v) is 3.50. The quantitative estimate of drug-likeness (QED) is 0.869. The Bertz CT molecular complexity index is 377. The predicted molar refractivity (Wildman–Crippen MR) is 66.2 cm³/mol. The van der Waals surface area contributed by atoms with Crippen LogP contribution in [-0.4, -0.2) is 34.9 Å². The Labute approximate surface area is 103 Å². The van der Waals surface area contributed by atoms with E-state index in [1.807, 2.05) is 11.0 Å². The second kappa shape index (κ2) is 5.01. The molecule has 16 heavy (non-hydrogen) atoms. The molecule has 1 aromatic rings. The summed E-state index contributed by atoms with van der Waals surface area (Å²) in [5.74, 6) is 0.0563. The van der Waals surface area contributed by atoms with Gasteiger partial charge in [-0.05, 0) is 41.3 Å². The number of hydrogen-bond acceptors (Lipinski definition) is 2. The first-order valence-electron chi connectivity index (χ1n) is 5.57. The first-order chi connectivity index (χ1) is 7.72. The normalized spacial score (nSPS) is 21.1. The largest absolute Gasteiger partial charge is 0.356 e. The highest BCUT2D eigenvalue weighted by atomic mass is 79.9. The van der Waals surface area contributed by atoms with Crippen LogP contribution in [0.15, 0.2) is 16.7 Å². The molecule has 1 amide bonds. The van der Waals surface area contributed by atoms with E-state index in [4.69, 9.17) is 5.73 Å². The van der Waals surface area contributed by atoms with Crippen LogP contribution in [0.1, 0.15) is 29.8 Å².